The summed E-state index contributed by atoms with van der Waals surface area (Å²) in [6.45, 7) is -1.37. The van der Waals surface area contributed by atoms with E-state index in [0.717, 1.165) is 0 Å². The van der Waals surface area contributed by atoms with Gasteiger partial charge in [0.05, 0.1) is 11.1 Å². The molecular weight excluding hydrogens is 312 g/mol. The maximum absolute atomic E-state index is 11.7. The highest BCUT2D eigenvalue weighted by Crippen LogP contribution is 2.18. The second-order valence-electron chi connectivity index (χ2n) is 2.84. The lowest BCUT2D eigenvalue weighted by Crippen LogP contribution is -2.18. The molecular formula is C8H7BrClF3N2O. The van der Waals surface area contributed by atoms with Gasteiger partial charge >= 0.3 is 6.18 Å². The molecule has 0 unspecified atom stereocenters. The molecule has 8 heteroatoms. The van der Waals surface area contributed by atoms with Gasteiger partial charge in [-0.3, -0.25) is 0 Å². The van der Waals surface area contributed by atoms with E-state index in [1.807, 2.05) is 0 Å². The molecule has 0 N–H and O–H groups in total. The van der Waals surface area contributed by atoms with Crippen LogP contribution in [0.3, 0.4) is 0 Å². The second kappa shape index (κ2) is 5.79. The first-order chi connectivity index (χ1) is 7.38. The van der Waals surface area contributed by atoms with Gasteiger partial charge in [0.25, 0.3) is 0 Å². The minimum absolute atomic E-state index is 0.0997. The normalized spacial score (nSPS) is 11.8. The second-order valence-corrected chi connectivity index (χ2v) is 4.06. The highest BCUT2D eigenvalue weighted by molar-refractivity contribution is 9.10. The third kappa shape index (κ3) is 5.09. The van der Waals surface area contributed by atoms with Crippen molar-refractivity contribution in [3.63, 3.8) is 0 Å². The zero-order valence-electron chi connectivity index (χ0n) is 7.89. The Labute approximate surface area is 103 Å². The van der Waals surface area contributed by atoms with Crippen LogP contribution < -0.4 is 0 Å². The Bertz CT molecular complexity index is 362. The number of ether oxygens (including phenoxy) is 1. The molecule has 0 saturated carbocycles. The van der Waals surface area contributed by atoms with Gasteiger partial charge in [0.1, 0.15) is 17.6 Å². The van der Waals surface area contributed by atoms with Crippen molar-refractivity contribution in [3.05, 3.63) is 21.6 Å². The third-order valence-corrected chi connectivity index (χ3v) is 2.58. The summed E-state index contributed by atoms with van der Waals surface area (Å²) >= 11 is 8.78. The maximum atomic E-state index is 11.7. The minimum atomic E-state index is -4.31. The number of alkyl halides is 3. The highest BCUT2D eigenvalue weighted by atomic mass is 79.9. The average molecular weight is 320 g/mol. The summed E-state index contributed by atoms with van der Waals surface area (Å²) in [4.78, 5) is 7.72. The Balaban J connectivity index is 2.35. The fourth-order valence-corrected chi connectivity index (χ4v) is 1.19. The van der Waals surface area contributed by atoms with Crippen LogP contribution in [0, 0.1) is 0 Å². The van der Waals surface area contributed by atoms with E-state index in [0.29, 0.717) is 10.3 Å². The van der Waals surface area contributed by atoms with Gasteiger partial charge in [-0.25, -0.2) is 9.97 Å². The molecule has 16 heavy (non-hydrogen) atoms. The SMILES string of the molecule is FC(F)(F)COCCc1ncc(Br)c(Cl)n1. The molecule has 0 fully saturated rings. The van der Waals surface area contributed by atoms with E-state index in [1.54, 1.807) is 0 Å². The topological polar surface area (TPSA) is 35.0 Å². The Kier molecular flexibility index (Phi) is 4.94. The molecule has 1 aromatic rings. The van der Waals surface area contributed by atoms with Crippen LogP contribution in [0.25, 0.3) is 0 Å². The molecule has 0 aliphatic carbocycles. The fourth-order valence-electron chi connectivity index (χ4n) is 0.852. The fraction of sp³-hybridized carbons (Fsp3) is 0.500. The lowest BCUT2D eigenvalue weighted by Gasteiger charge is -2.07. The predicted molar refractivity (Wildman–Crippen MR) is 55.3 cm³/mol. The first-order valence-corrected chi connectivity index (χ1v) is 5.37. The van der Waals surface area contributed by atoms with Crippen LogP contribution in [-0.4, -0.2) is 29.4 Å². The third-order valence-electron chi connectivity index (χ3n) is 1.49. The number of halogens is 5. The average Bonchev–Trinajstić information content (AvgIpc) is 2.17. The van der Waals surface area contributed by atoms with Gasteiger partial charge in [-0.2, -0.15) is 13.2 Å². The molecule has 0 aromatic carbocycles. The Morgan fingerprint density at radius 1 is 1.44 bits per heavy atom. The Hall–Kier alpha value is -0.400. The van der Waals surface area contributed by atoms with Crippen molar-refractivity contribution in [1.29, 1.82) is 0 Å². The zero-order chi connectivity index (χ0) is 12.2. The first kappa shape index (κ1) is 13.7. The number of aromatic nitrogens is 2. The van der Waals surface area contributed by atoms with Crippen molar-refractivity contribution < 1.29 is 17.9 Å². The molecule has 0 radical (unpaired) electrons. The first-order valence-electron chi connectivity index (χ1n) is 4.20. The van der Waals surface area contributed by atoms with E-state index in [1.165, 1.54) is 6.20 Å². The van der Waals surface area contributed by atoms with Crippen LogP contribution in [0.5, 0.6) is 0 Å². The van der Waals surface area contributed by atoms with Crippen molar-refractivity contribution >= 4 is 27.5 Å². The number of hydrogen-bond donors (Lipinski definition) is 0. The molecule has 0 amide bonds. The van der Waals surface area contributed by atoms with Gasteiger partial charge in [-0.05, 0) is 15.9 Å². The standard InChI is InChI=1S/C8H7BrClF3N2O/c9-5-3-14-6(15-7(5)10)1-2-16-4-8(11,12)13/h3H,1-2,4H2. The molecule has 0 bridgehead atoms. The molecule has 1 aromatic heterocycles. The molecule has 3 nitrogen and oxygen atoms in total. The Morgan fingerprint density at radius 2 is 2.12 bits per heavy atom. The predicted octanol–water partition coefficient (Wildman–Crippen LogP) is 3.01. The largest absolute Gasteiger partial charge is 0.411 e. The number of rotatable bonds is 4. The van der Waals surface area contributed by atoms with Crippen molar-refractivity contribution in [2.75, 3.05) is 13.2 Å². The van der Waals surface area contributed by atoms with Gasteiger partial charge in [0, 0.05) is 12.6 Å². The summed E-state index contributed by atoms with van der Waals surface area (Å²) in [6.07, 6.45) is -2.68. The molecule has 0 atom stereocenters. The summed E-state index contributed by atoms with van der Waals surface area (Å²) in [6, 6.07) is 0. The van der Waals surface area contributed by atoms with Gasteiger partial charge in [0.2, 0.25) is 0 Å². The number of hydrogen-bond acceptors (Lipinski definition) is 3. The minimum Gasteiger partial charge on any atom is -0.372 e. The summed E-state index contributed by atoms with van der Waals surface area (Å²) in [7, 11) is 0. The molecule has 0 spiro atoms. The van der Waals surface area contributed by atoms with E-state index < -0.39 is 12.8 Å². The molecule has 0 aliphatic rings. The van der Waals surface area contributed by atoms with Crippen molar-refractivity contribution in [3.8, 4) is 0 Å². The molecule has 0 saturated heterocycles. The lowest BCUT2D eigenvalue weighted by molar-refractivity contribution is -0.173. The van der Waals surface area contributed by atoms with E-state index in [9.17, 15) is 13.2 Å². The Morgan fingerprint density at radius 3 is 2.69 bits per heavy atom. The van der Waals surface area contributed by atoms with Crippen molar-refractivity contribution in [2.45, 2.75) is 12.6 Å². The van der Waals surface area contributed by atoms with E-state index >= 15 is 0 Å². The van der Waals surface area contributed by atoms with Crippen LogP contribution >= 0.6 is 27.5 Å². The van der Waals surface area contributed by atoms with Crippen LogP contribution in [-0.2, 0) is 11.2 Å². The van der Waals surface area contributed by atoms with E-state index in [-0.39, 0.29) is 18.2 Å². The maximum Gasteiger partial charge on any atom is 0.411 e. The zero-order valence-corrected chi connectivity index (χ0v) is 10.2. The van der Waals surface area contributed by atoms with Gasteiger partial charge < -0.3 is 4.74 Å². The van der Waals surface area contributed by atoms with Gasteiger partial charge in [-0.15, -0.1) is 0 Å². The van der Waals surface area contributed by atoms with Crippen LogP contribution in [0.2, 0.25) is 5.15 Å². The monoisotopic (exact) mass is 318 g/mol. The lowest BCUT2D eigenvalue weighted by atomic mass is 10.4. The summed E-state index contributed by atoms with van der Waals surface area (Å²) < 4.78 is 40.1. The quantitative estimate of drug-likeness (QED) is 0.632. The molecule has 0 aliphatic heterocycles. The molecule has 1 heterocycles. The van der Waals surface area contributed by atoms with Crippen molar-refractivity contribution in [2.24, 2.45) is 0 Å². The highest BCUT2D eigenvalue weighted by Gasteiger charge is 2.27. The van der Waals surface area contributed by atoms with Crippen LogP contribution in [0.15, 0.2) is 10.7 Å². The van der Waals surface area contributed by atoms with E-state index in [4.69, 9.17) is 11.6 Å². The van der Waals surface area contributed by atoms with Gasteiger partial charge in [-0.1, -0.05) is 11.6 Å². The van der Waals surface area contributed by atoms with E-state index in [2.05, 4.69) is 30.6 Å². The summed E-state index contributed by atoms with van der Waals surface area (Å²) in [5.74, 6) is 0.343. The summed E-state index contributed by atoms with van der Waals surface area (Å²) in [5, 5.41) is 0.223. The van der Waals surface area contributed by atoms with Crippen molar-refractivity contribution in [1.82, 2.24) is 9.97 Å². The summed E-state index contributed by atoms with van der Waals surface area (Å²) in [5.41, 5.74) is 0. The van der Waals surface area contributed by atoms with Crippen LogP contribution in [0.1, 0.15) is 5.82 Å². The van der Waals surface area contributed by atoms with Crippen LogP contribution in [0.4, 0.5) is 13.2 Å². The molecule has 1 rings (SSSR count). The number of nitrogens with zero attached hydrogens (tertiary/aromatic N) is 2. The molecule has 90 valence electrons. The smallest absolute Gasteiger partial charge is 0.372 e. The van der Waals surface area contributed by atoms with Gasteiger partial charge in [0.15, 0.2) is 0 Å².